The molecule has 1 aromatic carbocycles. The molecule has 0 radical (unpaired) electrons. The molecule has 2 heterocycles. The number of para-hydroxylation sites is 1. The second-order valence-corrected chi connectivity index (χ2v) is 4.95. The summed E-state index contributed by atoms with van der Waals surface area (Å²) in [6.45, 7) is 5.23. The molecule has 3 rings (SSSR count). The number of hydrogen-bond donors (Lipinski definition) is 1. The van der Waals surface area contributed by atoms with Gasteiger partial charge in [0.2, 0.25) is 0 Å². The first kappa shape index (κ1) is 12.9. The van der Waals surface area contributed by atoms with Gasteiger partial charge in [-0.25, -0.2) is 0 Å². The van der Waals surface area contributed by atoms with Gasteiger partial charge in [-0.2, -0.15) is 0 Å². The van der Waals surface area contributed by atoms with Crippen LogP contribution >= 0.6 is 0 Å². The van der Waals surface area contributed by atoms with Crippen molar-refractivity contribution in [3.63, 3.8) is 0 Å². The third-order valence-corrected chi connectivity index (χ3v) is 3.69. The van der Waals surface area contributed by atoms with Gasteiger partial charge in [0.25, 0.3) is 0 Å². The van der Waals surface area contributed by atoms with Crippen LogP contribution in [0.15, 0.2) is 18.2 Å². The number of ether oxygens (including phenoxy) is 3. The number of fused-ring (bicyclic) bond motifs is 1. The normalized spacial score (nSPS) is 20.3. The van der Waals surface area contributed by atoms with Gasteiger partial charge in [0.1, 0.15) is 5.75 Å². The second kappa shape index (κ2) is 5.90. The van der Waals surface area contributed by atoms with Crippen molar-refractivity contribution in [1.29, 1.82) is 0 Å². The summed E-state index contributed by atoms with van der Waals surface area (Å²) in [6.07, 6.45) is 1.74. The highest BCUT2D eigenvalue weighted by Gasteiger charge is 2.26. The van der Waals surface area contributed by atoms with Crippen LogP contribution in [-0.4, -0.2) is 32.7 Å². The van der Waals surface area contributed by atoms with E-state index < -0.39 is 0 Å². The minimum atomic E-state index is -0.0960. The number of nitrogens with one attached hydrogen (secondary N) is 1. The molecule has 1 saturated heterocycles. The Kier molecular flexibility index (Phi) is 4.01. The molecule has 0 bridgehead atoms. The minimum absolute atomic E-state index is 0.0960. The average molecular weight is 263 g/mol. The van der Waals surface area contributed by atoms with E-state index in [1.165, 1.54) is 11.1 Å². The van der Waals surface area contributed by atoms with Crippen LogP contribution in [0, 0.1) is 0 Å². The number of benzene rings is 1. The number of rotatable bonds is 5. The van der Waals surface area contributed by atoms with Gasteiger partial charge in [-0.05, 0) is 12.1 Å². The first-order valence-corrected chi connectivity index (χ1v) is 7.09. The van der Waals surface area contributed by atoms with E-state index in [2.05, 4.69) is 30.4 Å². The van der Waals surface area contributed by atoms with Gasteiger partial charge < -0.3 is 19.5 Å². The van der Waals surface area contributed by atoms with E-state index in [4.69, 9.17) is 14.2 Å². The Morgan fingerprint density at radius 1 is 1.26 bits per heavy atom. The molecule has 4 heteroatoms. The first-order valence-electron chi connectivity index (χ1n) is 7.09. The van der Waals surface area contributed by atoms with Crippen LogP contribution in [0.3, 0.4) is 0 Å². The van der Waals surface area contributed by atoms with Gasteiger partial charge in [-0.3, -0.25) is 0 Å². The summed E-state index contributed by atoms with van der Waals surface area (Å²) in [4.78, 5) is 0. The zero-order valence-electron chi connectivity index (χ0n) is 11.4. The van der Waals surface area contributed by atoms with Gasteiger partial charge in [0, 0.05) is 24.4 Å². The maximum Gasteiger partial charge on any atom is 0.159 e. The highest BCUT2D eigenvalue weighted by Crippen LogP contribution is 2.35. The van der Waals surface area contributed by atoms with Gasteiger partial charge in [-0.1, -0.05) is 25.1 Å². The van der Waals surface area contributed by atoms with E-state index >= 15 is 0 Å². The molecule has 1 aromatic rings. The lowest BCUT2D eigenvalue weighted by atomic mass is 9.99. The molecule has 2 aliphatic rings. The Balaban J connectivity index is 1.80. The smallest absolute Gasteiger partial charge is 0.159 e. The Morgan fingerprint density at radius 3 is 2.89 bits per heavy atom. The molecule has 0 spiro atoms. The van der Waals surface area contributed by atoms with E-state index in [-0.39, 0.29) is 12.3 Å². The van der Waals surface area contributed by atoms with E-state index in [1.807, 2.05) is 0 Å². The molecule has 4 nitrogen and oxygen atoms in total. The quantitative estimate of drug-likeness (QED) is 0.882. The molecule has 1 atom stereocenters. The Morgan fingerprint density at radius 2 is 2.11 bits per heavy atom. The van der Waals surface area contributed by atoms with E-state index in [0.29, 0.717) is 13.2 Å². The predicted molar refractivity (Wildman–Crippen MR) is 72.4 cm³/mol. The summed E-state index contributed by atoms with van der Waals surface area (Å²) in [5.74, 6) is 1.06. The Bertz CT molecular complexity index is 429. The average Bonchev–Trinajstić information content (AvgIpc) is 3.08. The molecular formula is C15H21NO3. The van der Waals surface area contributed by atoms with Crippen molar-refractivity contribution >= 4 is 0 Å². The van der Waals surface area contributed by atoms with Crippen LogP contribution < -0.4 is 10.1 Å². The van der Waals surface area contributed by atoms with E-state index in [0.717, 1.165) is 31.7 Å². The summed E-state index contributed by atoms with van der Waals surface area (Å²) in [7, 11) is 0. The topological polar surface area (TPSA) is 39.7 Å². The third kappa shape index (κ3) is 2.76. The van der Waals surface area contributed by atoms with Gasteiger partial charge in [-0.15, -0.1) is 0 Å². The van der Waals surface area contributed by atoms with Crippen LogP contribution in [0.25, 0.3) is 0 Å². The summed E-state index contributed by atoms with van der Waals surface area (Å²) < 4.78 is 16.9. The van der Waals surface area contributed by atoms with Crippen LogP contribution in [0.1, 0.15) is 30.5 Å². The predicted octanol–water partition coefficient (Wildman–Crippen LogP) is 2.04. The third-order valence-electron chi connectivity index (χ3n) is 3.69. The van der Waals surface area contributed by atoms with Crippen molar-refractivity contribution in [2.45, 2.75) is 32.1 Å². The summed E-state index contributed by atoms with van der Waals surface area (Å²) in [6, 6.07) is 6.63. The zero-order valence-corrected chi connectivity index (χ0v) is 11.4. The van der Waals surface area contributed by atoms with Crippen molar-refractivity contribution in [2.75, 3.05) is 26.4 Å². The van der Waals surface area contributed by atoms with Crippen LogP contribution in [0.4, 0.5) is 0 Å². The SMILES string of the molecule is CCNC(CC1OCCO1)c1cccc2c1OCC2. The molecule has 104 valence electrons. The van der Waals surface area contributed by atoms with Crippen LogP contribution in [0.5, 0.6) is 5.75 Å². The summed E-state index contributed by atoms with van der Waals surface area (Å²) >= 11 is 0. The van der Waals surface area contributed by atoms with Gasteiger partial charge >= 0.3 is 0 Å². The highest BCUT2D eigenvalue weighted by molar-refractivity contribution is 5.45. The first-order chi connectivity index (χ1) is 9.38. The maximum atomic E-state index is 5.80. The number of hydrogen-bond acceptors (Lipinski definition) is 4. The van der Waals surface area contributed by atoms with E-state index in [1.54, 1.807) is 0 Å². The fourth-order valence-electron chi connectivity index (χ4n) is 2.82. The molecule has 0 aromatic heterocycles. The fourth-order valence-corrected chi connectivity index (χ4v) is 2.82. The molecule has 0 amide bonds. The van der Waals surface area contributed by atoms with Crippen LogP contribution in [-0.2, 0) is 15.9 Å². The highest BCUT2D eigenvalue weighted by atomic mass is 16.7. The van der Waals surface area contributed by atoms with Crippen molar-refractivity contribution in [2.24, 2.45) is 0 Å². The minimum Gasteiger partial charge on any atom is -0.493 e. The lowest BCUT2D eigenvalue weighted by Gasteiger charge is -2.22. The van der Waals surface area contributed by atoms with Crippen molar-refractivity contribution < 1.29 is 14.2 Å². The largest absolute Gasteiger partial charge is 0.493 e. The maximum absolute atomic E-state index is 5.80. The van der Waals surface area contributed by atoms with Crippen LogP contribution in [0.2, 0.25) is 0 Å². The molecule has 1 N–H and O–H groups in total. The van der Waals surface area contributed by atoms with Gasteiger partial charge in [0.15, 0.2) is 6.29 Å². The van der Waals surface area contributed by atoms with Gasteiger partial charge in [0.05, 0.1) is 19.8 Å². The standard InChI is InChI=1S/C15H21NO3/c1-2-16-13(10-14-17-8-9-18-14)12-5-3-4-11-6-7-19-15(11)12/h3-5,13-14,16H,2,6-10H2,1H3. The van der Waals surface area contributed by atoms with Crippen molar-refractivity contribution in [3.8, 4) is 5.75 Å². The monoisotopic (exact) mass is 263 g/mol. The lowest BCUT2D eigenvalue weighted by molar-refractivity contribution is -0.0530. The Labute approximate surface area is 114 Å². The zero-order chi connectivity index (χ0) is 13.1. The molecular weight excluding hydrogens is 242 g/mol. The molecule has 19 heavy (non-hydrogen) atoms. The molecule has 0 saturated carbocycles. The molecule has 1 unspecified atom stereocenters. The summed E-state index contributed by atoms with van der Waals surface area (Å²) in [5.41, 5.74) is 2.55. The molecule has 0 aliphatic carbocycles. The molecule has 2 aliphatic heterocycles. The van der Waals surface area contributed by atoms with Crippen molar-refractivity contribution in [1.82, 2.24) is 5.32 Å². The molecule has 1 fully saturated rings. The summed E-state index contributed by atoms with van der Waals surface area (Å²) in [5, 5.41) is 3.52. The lowest BCUT2D eigenvalue weighted by Crippen LogP contribution is -2.26. The fraction of sp³-hybridized carbons (Fsp3) is 0.600. The second-order valence-electron chi connectivity index (χ2n) is 4.95. The van der Waals surface area contributed by atoms with E-state index in [9.17, 15) is 0 Å². The Hall–Kier alpha value is -1.10. The van der Waals surface area contributed by atoms with Crippen molar-refractivity contribution in [3.05, 3.63) is 29.3 Å².